The van der Waals surface area contributed by atoms with Crippen LogP contribution in [0, 0.1) is 6.92 Å². The van der Waals surface area contributed by atoms with Crippen LogP contribution < -0.4 is 10.1 Å². The highest BCUT2D eigenvalue weighted by Gasteiger charge is 2.17. The first-order chi connectivity index (χ1) is 12.0. The Hall–Kier alpha value is -2.34. The molecule has 0 unspecified atom stereocenters. The Morgan fingerprint density at radius 1 is 1.44 bits per heavy atom. The predicted molar refractivity (Wildman–Crippen MR) is 94.7 cm³/mol. The molecule has 1 amide bonds. The Morgan fingerprint density at radius 2 is 2.20 bits per heavy atom. The van der Waals surface area contributed by atoms with Gasteiger partial charge in [-0.15, -0.1) is 0 Å². The zero-order chi connectivity index (χ0) is 17.8. The molecule has 0 spiro atoms. The maximum Gasteiger partial charge on any atom is 0.251 e. The van der Waals surface area contributed by atoms with Gasteiger partial charge in [-0.2, -0.15) is 5.10 Å². The first-order valence-electron chi connectivity index (χ1n) is 8.68. The van der Waals surface area contributed by atoms with Gasteiger partial charge in [-0.1, -0.05) is 0 Å². The zero-order valence-electron chi connectivity index (χ0n) is 15.0. The molecule has 2 atom stereocenters. The summed E-state index contributed by atoms with van der Waals surface area (Å²) in [5.41, 5.74) is 2.68. The molecule has 134 valence electrons. The number of carbonyl (C=O) groups is 1. The van der Waals surface area contributed by atoms with Crippen LogP contribution in [0.25, 0.3) is 0 Å². The van der Waals surface area contributed by atoms with Crippen molar-refractivity contribution in [1.82, 2.24) is 15.1 Å². The van der Waals surface area contributed by atoms with Gasteiger partial charge in [-0.3, -0.25) is 9.48 Å². The number of hydrogen-bond donors (Lipinski definition) is 1. The van der Waals surface area contributed by atoms with E-state index in [1.54, 1.807) is 23.0 Å². The van der Waals surface area contributed by atoms with Gasteiger partial charge in [0.25, 0.3) is 5.91 Å². The van der Waals surface area contributed by atoms with E-state index in [0.717, 1.165) is 36.5 Å². The van der Waals surface area contributed by atoms with Crippen LogP contribution in [0.5, 0.6) is 5.75 Å². The maximum atomic E-state index is 12.4. The third kappa shape index (κ3) is 4.20. The number of nitrogens with zero attached hydrogens (tertiary/aromatic N) is 2. The third-order valence-electron chi connectivity index (χ3n) is 4.66. The van der Waals surface area contributed by atoms with Gasteiger partial charge in [0, 0.05) is 30.5 Å². The number of aryl methyl sites for hydroxylation is 1. The number of amides is 1. The number of ether oxygens (including phenoxy) is 2. The molecule has 6 heteroatoms. The molecule has 1 aliphatic rings. The normalized spacial score (nSPS) is 18.1. The molecule has 0 bridgehead atoms. The van der Waals surface area contributed by atoms with Crippen molar-refractivity contribution in [2.24, 2.45) is 7.05 Å². The number of benzene rings is 1. The molecule has 25 heavy (non-hydrogen) atoms. The minimum atomic E-state index is -0.110. The number of nitrogens with one attached hydrogen (secondary N) is 1. The minimum Gasteiger partial charge on any atom is -0.491 e. The summed E-state index contributed by atoms with van der Waals surface area (Å²) in [6.07, 6.45) is 4.13. The molecule has 6 nitrogen and oxygen atoms in total. The second-order valence-corrected chi connectivity index (χ2v) is 6.47. The van der Waals surface area contributed by atoms with E-state index >= 15 is 0 Å². The number of rotatable bonds is 6. The van der Waals surface area contributed by atoms with Gasteiger partial charge >= 0.3 is 0 Å². The van der Waals surface area contributed by atoms with Crippen molar-refractivity contribution < 1.29 is 14.3 Å². The first kappa shape index (κ1) is 17.5. The van der Waals surface area contributed by atoms with Crippen LogP contribution in [0.4, 0.5) is 0 Å². The summed E-state index contributed by atoms with van der Waals surface area (Å²) in [5.74, 6) is 0.643. The van der Waals surface area contributed by atoms with Crippen LogP contribution in [0.2, 0.25) is 0 Å². The van der Waals surface area contributed by atoms with Crippen molar-refractivity contribution >= 4 is 5.91 Å². The summed E-state index contributed by atoms with van der Waals surface area (Å²) >= 11 is 0. The molecule has 1 aromatic heterocycles. The van der Waals surface area contributed by atoms with Crippen molar-refractivity contribution in [1.29, 1.82) is 0 Å². The van der Waals surface area contributed by atoms with Crippen LogP contribution >= 0.6 is 0 Å². The monoisotopic (exact) mass is 343 g/mol. The summed E-state index contributed by atoms with van der Waals surface area (Å²) in [6.45, 7) is 5.33. The molecule has 1 aromatic carbocycles. The van der Waals surface area contributed by atoms with Gasteiger partial charge in [0.2, 0.25) is 0 Å². The molecule has 0 radical (unpaired) electrons. The number of carbonyl (C=O) groups excluding carboxylic acids is 1. The fraction of sp³-hybridized carbons (Fsp3) is 0.474. The van der Waals surface area contributed by atoms with Crippen molar-refractivity contribution in [3.63, 3.8) is 0 Å². The standard InChI is InChI=1S/C19H25N3O3/c1-13(18-11-20-22(3)14(18)2)21-19(23)15-6-8-16(9-7-15)25-12-17-5-4-10-24-17/h6-9,11,13,17H,4-5,10,12H2,1-3H3,(H,21,23)/t13-,17+/m1/s1. The van der Waals surface area contributed by atoms with E-state index in [1.165, 1.54) is 0 Å². The Kier molecular flexibility index (Phi) is 5.38. The van der Waals surface area contributed by atoms with Gasteiger partial charge in [0.1, 0.15) is 12.4 Å². The molecule has 1 aliphatic heterocycles. The first-order valence-corrected chi connectivity index (χ1v) is 8.68. The van der Waals surface area contributed by atoms with Crippen LogP contribution in [-0.4, -0.2) is 35.0 Å². The molecule has 1 N–H and O–H groups in total. The Labute approximate surface area is 148 Å². The van der Waals surface area contributed by atoms with Gasteiger partial charge in [-0.25, -0.2) is 0 Å². The van der Waals surface area contributed by atoms with Crippen LogP contribution in [0.3, 0.4) is 0 Å². The van der Waals surface area contributed by atoms with Crippen LogP contribution in [0.15, 0.2) is 30.5 Å². The SMILES string of the molecule is Cc1c([C@@H](C)NC(=O)c2ccc(OC[C@@H]3CCCO3)cc2)cnn1C. The number of aromatic nitrogens is 2. The van der Waals surface area contributed by atoms with E-state index in [1.807, 2.05) is 33.0 Å². The Morgan fingerprint density at radius 3 is 2.80 bits per heavy atom. The topological polar surface area (TPSA) is 65.4 Å². The van der Waals surface area contributed by atoms with Gasteiger partial charge in [0.15, 0.2) is 0 Å². The summed E-state index contributed by atoms with van der Waals surface area (Å²) in [4.78, 5) is 12.4. The highest BCUT2D eigenvalue weighted by Crippen LogP contribution is 2.19. The highest BCUT2D eigenvalue weighted by atomic mass is 16.5. The van der Waals surface area contributed by atoms with E-state index in [-0.39, 0.29) is 18.1 Å². The second kappa shape index (κ2) is 7.70. The van der Waals surface area contributed by atoms with Crippen molar-refractivity contribution in [2.45, 2.75) is 38.8 Å². The lowest BCUT2D eigenvalue weighted by atomic mass is 10.1. The molecule has 1 saturated heterocycles. The smallest absolute Gasteiger partial charge is 0.251 e. The zero-order valence-corrected chi connectivity index (χ0v) is 15.0. The molecule has 1 fully saturated rings. The Balaban J connectivity index is 1.55. The third-order valence-corrected chi connectivity index (χ3v) is 4.66. The summed E-state index contributed by atoms with van der Waals surface area (Å²) in [5, 5.41) is 7.23. The van der Waals surface area contributed by atoms with Crippen molar-refractivity contribution in [3.8, 4) is 5.75 Å². The number of hydrogen-bond acceptors (Lipinski definition) is 4. The molecule has 3 rings (SSSR count). The minimum absolute atomic E-state index is 0.100. The van der Waals surface area contributed by atoms with Gasteiger partial charge in [-0.05, 0) is 51.0 Å². The lowest BCUT2D eigenvalue weighted by Gasteiger charge is -2.14. The molecular formula is C19H25N3O3. The quantitative estimate of drug-likeness (QED) is 0.876. The van der Waals surface area contributed by atoms with E-state index in [2.05, 4.69) is 10.4 Å². The summed E-state index contributed by atoms with van der Waals surface area (Å²) in [7, 11) is 1.89. The molecule has 2 aromatic rings. The lowest BCUT2D eigenvalue weighted by molar-refractivity contribution is 0.0679. The molecule has 0 saturated carbocycles. The Bertz CT molecular complexity index is 718. The summed E-state index contributed by atoms with van der Waals surface area (Å²) in [6, 6.07) is 7.11. The van der Waals surface area contributed by atoms with Gasteiger partial charge in [0.05, 0.1) is 18.3 Å². The average molecular weight is 343 g/mol. The van der Waals surface area contributed by atoms with E-state index < -0.39 is 0 Å². The molecular weight excluding hydrogens is 318 g/mol. The van der Waals surface area contributed by atoms with E-state index in [0.29, 0.717) is 12.2 Å². The van der Waals surface area contributed by atoms with Crippen molar-refractivity contribution in [2.75, 3.05) is 13.2 Å². The second-order valence-electron chi connectivity index (χ2n) is 6.47. The largest absolute Gasteiger partial charge is 0.491 e. The highest BCUT2D eigenvalue weighted by molar-refractivity contribution is 5.94. The van der Waals surface area contributed by atoms with Crippen LogP contribution in [0.1, 0.15) is 47.4 Å². The summed E-state index contributed by atoms with van der Waals surface area (Å²) < 4.78 is 13.1. The maximum absolute atomic E-state index is 12.4. The van der Waals surface area contributed by atoms with Gasteiger partial charge < -0.3 is 14.8 Å². The molecule has 0 aliphatic carbocycles. The lowest BCUT2D eigenvalue weighted by Crippen LogP contribution is -2.26. The van der Waals surface area contributed by atoms with E-state index in [4.69, 9.17) is 9.47 Å². The van der Waals surface area contributed by atoms with Crippen molar-refractivity contribution in [3.05, 3.63) is 47.3 Å². The predicted octanol–water partition coefficient (Wildman–Crippen LogP) is 2.78. The average Bonchev–Trinajstić information content (AvgIpc) is 3.24. The van der Waals surface area contributed by atoms with E-state index in [9.17, 15) is 4.79 Å². The fourth-order valence-corrected chi connectivity index (χ4v) is 2.97. The fourth-order valence-electron chi connectivity index (χ4n) is 2.97. The molecule has 2 heterocycles. The van der Waals surface area contributed by atoms with Crippen LogP contribution in [-0.2, 0) is 11.8 Å².